The molecule has 0 aromatic rings. The molecule has 0 aromatic heterocycles. The predicted octanol–water partition coefficient (Wildman–Crippen LogP) is 1.04. The van der Waals surface area contributed by atoms with Gasteiger partial charge in [-0.1, -0.05) is 6.42 Å². The fourth-order valence-electron chi connectivity index (χ4n) is 2.82. The lowest BCUT2D eigenvalue weighted by atomic mass is 10.1. The molecule has 2 aliphatic rings. The van der Waals surface area contributed by atoms with Crippen LogP contribution in [0.4, 0.5) is 0 Å². The van der Waals surface area contributed by atoms with Crippen LogP contribution in [0.15, 0.2) is 0 Å². The van der Waals surface area contributed by atoms with Crippen LogP contribution in [0.3, 0.4) is 0 Å². The zero-order valence-corrected chi connectivity index (χ0v) is 10.2. The SMILES string of the molecule is CC1OCCC1S(=O)C1CCCC1CN. The third kappa shape index (κ3) is 2.27. The van der Waals surface area contributed by atoms with Gasteiger partial charge in [-0.3, -0.25) is 4.21 Å². The molecular formula is C11H21NO2S. The van der Waals surface area contributed by atoms with E-state index in [1.165, 1.54) is 6.42 Å². The predicted molar refractivity (Wildman–Crippen MR) is 62.1 cm³/mol. The van der Waals surface area contributed by atoms with Crippen molar-refractivity contribution in [3.63, 3.8) is 0 Å². The molecule has 0 spiro atoms. The molecule has 1 aliphatic heterocycles. The van der Waals surface area contributed by atoms with E-state index in [9.17, 15) is 4.21 Å². The maximum atomic E-state index is 12.4. The lowest BCUT2D eigenvalue weighted by Crippen LogP contribution is -2.35. The van der Waals surface area contributed by atoms with Crippen molar-refractivity contribution in [2.45, 2.75) is 49.2 Å². The number of ether oxygens (including phenoxy) is 1. The minimum absolute atomic E-state index is 0.171. The average Bonchev–Trinajstić information content (AvgIpc) is 2.84. The molecule has 0 amide bonds. The Morgan fingerprint density at radius 3 is 2.73 bits per heavy atom. The molecule has 1 aliphatic carbocycles. The normalized spacial score (nSPS) is 43.3. The second kappa shape index (κ2) is 4.93. The van der Waals surface area contributed by atoms with Gasteiger partial charge in [-0.15, -0.1) is 0 Å². The highest BCUT2D eigenvalue weighted by Gasteiger charge is 2.38. The summed E-state index contributed by atoms with van der Waals surface area (Å²) in [4.78, 5) is 0. The number of rotatable bonds is 3. The minimum Gasteiger partial charge on any atom is -0.377 e. The monoisotopic (exact) mass is 231 g/mol. The van der Waals surface area contributed by atoms with E-state index >= 15 is 0 Å². The highest BCUT2D eigenvalue weighted by molar-refractivity contribution is 7.86. The highest BCUT2D eigenvalue weighted by atomic mass is 32.2. The molecule has 5 atom stereocenters. The maximum Gasteiger partial charge on any atom is 0.0691 e. The molecule has 0 bridgehead atoms. The summed E-state index contributed by atoms with van der Waals surface area (Å²) in [6, 6.07) is 0. The van der Waals surface area contributed by atoms with Gasteiger partial charge in [0.25, 0.3) is 0 Å². The fourth-order valence-corrected chi connectivity index (χ4v) is 5.08. The molecule has 3 nitrogen and oxygen atoms in total. The van der Waals surface area contributed by atoms with E-state index in [1.807, 2.05) is 6.92 Å². The summed E-state index contributed by atoms with van der Waals surface area (Å²) in [7, 11) is -0.736. The minimum atomic E-state index is -0.736. The Bertz CT molecular complexity index is 247. The Labute approximate surface area is 94.2 Å². The maximum absolute atomic E-state index is 12.4. The van der Waals surface area contributed by atoms with Crippen LogP contribution in [0.1, 0.15) is 32.6 Å². The van der Waals surface area contributed by atoms with Gasteiger partial charge in [0.05, 0.1) is 11.4 Å². The van der Waals surface area contributed by atoms with E-state index in [1.54, 1.807) is 0 Å². The molecule has 1 saturated heterocycles. The van der Waals surface area contributed by atoms with Crippen molar-refractivity contribution in [1.29, 1.82) is 0 Å². The Kier molecular flexibility index (Phi) is 3.80. The second-order valence-corrected chi connectivity index (χ2v) is 6.56. The van der Waals surface area contributed by atoms with Crippen LogP contribution in [0.5, 0.6) is 0 Å². The van der Waals surface area contributed by atoms with E-state index in [-0.39, 0.29) is 11.4 Å². The average molecular weight is 231 g/mol. The van der Waals surface area contributed by atoms with Gasteiger partial charge in [0.1, 0.15) is 0 Å². The molecule has 2 rings (SSSR count). The number of hydrogen-bond donors (Lipinski definition) is 1. The second-order valence-electron chi connectivity index (χ2n) is 4.70. The van der Waals surface area contributed by atoms with Gasteiger partial charge in [0.2, 0.25) is 0 Å². The van der Waals surface area contributed by atoms with Gasteiger partial charge in [-0.2, -0.15) is 0 Å². The summed E-state index contributed by atoms with van der Waals surface area (Å²) in [6.07, 6.45) is 4.58. The molecule has 0 radical (unpaired) electrons. The van der Waals surface area contributed by atoms with Crippen molar-refractivity contribution in [1.82, 2.24) is 0 Å². The van der Waals surface area contributed by atoms with Crippen molar-refractivity contribution < 1.29 is 8.95 Å². The smallest absolute Gasteiger partial charge is 0.0691 e. The number of nitrogens with two attached hydrogens (primary N) is 1. The molecule has 88 valence electrons. The van der Waals surface area contributed by atoms with E-state index in [4.69, 9.17) is 10.5 Å². The van der Waals surface area contributed by atoms with E-state index < -0.39 is 10.8 Å². The van der Waals surface area contributed by atoms with Crippen molar-refractivity contribution in [3.05, 3.63) is 0 Å². The van der Waals surface area contributed by atoms with Gasteiger partial charge in [-0.25, -0.2) is 0 Å². The lowest BCUT2D eigenvalue weighted by Gasteiger charge is -2.22. The molecule has 0 aromatic carbocycles. The van der Waals surface area contributed by atoms with Crippen LogP contribution >= 0.6 is 0 Å². The molecule has 1 saturated carbocycles. The third-order valence-corrected chi connectivity index (χ3v) is 6.23. The van der Waals surface area contributed by atoms with Gasteiger partial charge in [0.15, 0.2) is 0 Å². The van der Waals surface area contributed by atoms with Crippen LogP contribution in [0.25, 0.3) is 0 Å². The van der Waals surface area contributed by atoms with Crippen molar-refractivity contribution in [3.8, 4) is 0 Å². The Hall–Kier alpha value is 0.0700. The molecule has 15 heavy (non-hydrogen) atoms. The molecule has 5 unspecified atom stereocenters. The van der Waals surface area contributed by atoms with E-state index in [0.717, 1.165) is 25.9 Å². The largest absolute Gasteiger partial charge is 0.377 e. The first-order chi connectivity index (χ1) is 7.24. The number of hydrogen-bond acceptors (Lipinski definition) is 3. The van der Waals surface area contributed by atoms with E-state index in [2.05, 4.69) is 0 Å². The lowest BCUT2D eigenvalue weighted by molar-refractivity contribution is 0.126. The summed E-state index contributed by atoms with van der Waals surface area (Å²) in [6.45, 7) is 3.51. The van der Waals surface area contributed by atoms with Gasteiger partial charge in [0, 0.05) is 22.7 Å². The van der Waals surface area contributed by atoms with Crippen molar-refractivity contribution in [2.24, 2.45) is 11.7 Å². The first-order valence-corrected chi connectivity index (χ1v) is 7.22. The zero-order chi connectivity index (χ0) is 10.8. The Morgan fingerprint density at radius 2 is 2.13 bits per heavy atom. The summed E-state index contributed by atoms with van der Waals surface area (Å²) in [5.41, 5.74) is 5.73. The standard InChI is InChI=1S/C11H21NO2S/c1-8-10(5-6-14-8)15(13)11-4-2-3-9(11)7-12/h8-11H,2-7,12H2,1H3. The summed E-state index contributed by atoms with van der Waals surface area (Å²) in [5.74, 6) is 0.485. The molecule has 2 fully saturated rings. The first-order valence-electron chi connectivity index (χ1n) is 5.95. The van der Waals surface area contributed by atoms with Crippen LogP contribution in [-0.4, -0.2) is 34.0 Å². The van der Waals surface area contributed by atoms with Gasteiger partial charge >= 0.3 is 0 Å². The third-order valence-electron chi connectivity index (χ3n) is 3.80. The van der Waals surface area contributed by atoms with Crippen molar-refractivity contribution >= 4 is 10.8 Å². The van der Waals surface area contributed by atoms with Gasteiger partial charge < -0.3 is 10.5 Å². The molecule has 4 heteroatoms. The van der Waals surface area contributed by atoms with Gasteiger partial charge in [-0.05, 0) is 38.6 Å². The summed E-state index contributed by atoms with van der Waals surface area (Å²) < 4.78 is 17.9. The summed E-state index contributed by atoms with van der Waals surface area (Å²) in [5, 5.41) is 0.589. The first kappa shape index (κ1) is 11.6. The quantitative estimate of drug-likeness (QED) is 0.789. The van der Waals surface area contributed by atoms with Crippen LogP contribution in [0, 0.1) is 5.92 Å². The molecule has 1 heterocycles. The topological polar surface area (TPSA) is 52.3 Å². The fraction of sp³-hybridized carbons (Fsp3) is 1.00. The van der Waals surface area contributed by atoms with Crippen LogP contribution in [-0.2, 0) is 15.5 Å². The Morgan fingerprint density at radius 1 is 1.33 bits per heavy atom. The molecule has 2 N–H and O–H groups in total. The zero-order valence-electron chi connectivity index (χ0n) is 9.35. The van der Waals surface area contributed by atoms with Crippen molar-refractivity contribution in [2.75, 3.05) is 13.2 Å². The molecular weight excluding hydrogens is 210 g/mol. The Balaban J connectivity index is 2.00. The highest BCUT2D eigenvalue weighted by Crippen LogP contribution is 2.33. The van der Waals surface area contributed by atoms with E-state index in [0.29, 0.717) is 17.7 Å². The summed E-state index contributed by atoms with van der Waals surface area (Å²) >= 11 is 0. The van der Waals surface area contributed by atoms with Crippen LogP contribution < -0.4 is 5.73 Å². The van der Waals surface area contributed by atoms with Crippen LogP contribution in [0.2, 0.25) is 0 Å².